The van der Waals surface area contributed by atoms with E-state index in [4.69, 9.17) is 0 Å². The summed E-state index contributed by atoms with van der Waals surface area (Å²) in [7, 11) is -3.29. The lowest BCUT2D eigenvalue weighted by molar-refractivity contribution is -0.122. The number of hydrogen-bond acceptors (Lipinski definition) is 4. The molecule has 1 aromatic rings. The van der Waals surface area contributed by atoms with E-state index in [0.29, 0.717) is 12.1 Å². The van der Waals surface area contributed by atoms with Gasteiger partial charge in [-0.2, -0.15) is 0 Å². The van der Waals surface area contributed by atoms with Gasteiger partial charge < -0.3 is 10.6 Å². The number of carbonyl (C=O) groups excluding carboxylic acids is 2. The van der Waals surface area contributed by atoms with E-state index in [1.54, 1.807) is 6.92 Å². The smallest absolute Gasteiger partial charge is 0.251 e. The van der Waals surface area contributed by atoms with Gasteiger partial charge in [0, 0.05) is 18.4 Å². The van der Waals surface area contributed by atoms with E-state index in [1.165, 1.54) is 24.3 Å². The fraction of sp³-hybridized carbons (Fsp3) is 0.429. The summed E-state index contributed by atoms with van der Waals surface area (Å²) in [6.07, 6.45) is 1.92. The number of sulfone groups is 1. The minimum absolute atomic E-state index is 0.146. The third kappa shape index (κ3) is 5.18. The molecule has 6 nitrogen and oxygen atoms in total. The van der Waals surface area contributed by atoms with Crippen LogP contribution in [0.25, 0.3) is 0 Å². The lowest BCUT2D eigenvalue weighted by Gasteiger charge is -2.13. The Morgan fingerprint density at radius 1 is 1.19 bits per heavy atom. The first kappa shape index (κ1) is 17.2. The van der Waals surface area contributed by atoms with E-state index in [-0.39, 0.29) is 10.8 Å². The second-order valence-corrected chi connectivity index (χ2v) is 6.80. The maximum absolute atomic E-state index is 12.0. The minimum Gasteiger partial charge on any atom is -0.354 e. The first-order valence-electron chi connectivity index (χ1n) is 6.64. The molecule has 1 aromatic carbocycles. The number of rotatable bonds is 6. The van der Waals surface area contributed by atoms with Gasteiger partial charge in [-0.1, -0.05) is 6.92 Å². The Hall–Kier alpha value is -1.89. The average Bonchev–Trinajstić information content (AvgIpc) is 2.43. The molecule has 7 heteroatoms. The van der Waals surface area contributed by atoms with E-state index in [2.05, 4.69) is 10.6 Å². The third-order valence-electron chi connectivity index (χ3n) is 2.83. The topological polar surface area (TPSA) is 92.3 Å². The van der Waals surface area contributed by atoms with Crippen LogP contribution >= 0.6 is 0 Å². The molecule has 0 fully saturated rings. The summed E-state index contributed by atoms with van der Waals surface area (Å²) in [6.45, 7) is 4.09. The number of hydrogen-bond donors (Lipinski definition) is 2. The summed E-state index contributed by atoms with van der Waals surface area (Å²) >= 11 is 0. The largest absolute Gasteiger partial charge is 0.354 e. The van der Waals surface area contributed by atoms with Crippen LogP contribution < -0.4 is 10.6 Å². The molecule has 1 unspecified atom stereocenters. The molecule has 0 aliphatic carbocycles. The Kier molecular flexibility index (Phi) is 5.90. The van der Waals surface area contributed by atoms with Gasteiger partial charge in [0.1, 0.15) is 6.04 Å². The van der Waals surface area contributed by atoms with Crippen molar-refractivity contribution < 1.29 is 18.0 Å². The molecule has 21 heavy (non-hydrogen) atoms. The van der Waals surface area contributed by atoms with Gasteiger partial charge in [0.25, 0.3) is 5.91 Å². The molecular formula is C14H20N2O4S. The Bertz CT molecular complexity index is 608. The predicted molar refractivity (Wildman–Crippen MR) is 79.8 cm³/mol. The van der Waals surface area contributed by atoms with Gasteiger partial charge in [-0.3, -0.25) is 9.59 Å². The van der Waals surface area contributed by atoms with E-state index >= 15 is 0 Å². The van der Waals surface area contributed by atoms with Crippen molar-refractivity contribution in [3.63, 3.8) is 0 Å². The summed E-state index contributed by atoms with van der Waals surface area (Å²) in [4.78, 5) is 23.7. The Morgan fingerprint density at radius 2 is 1.76 bits per heavy atom. The van der Waals surface area contributed by atoms with Crippen LogP contribution in [0.2, 0.25) is 0 Å². The van der Waals surface area contributed by atoms with Crippen LogP contribution in [0.3, 0.4) is 0 Å². The molecule has 0 spiro atoms. The summed E-state index contributed by atoms with van der Waals surface area (Å²) in [5, 5.41) is 5.25. The van der Waals surface area contributed by atoms with Gasteiger partial charge in [0.15, 0.2) is 9.84 Å². The average molecular weight is 312 g/mol. The van der Waals surface area contributed by atoms with Crippen molar-refractivity contribution in [1.29, 1.82) is 0 Å². The zero-order valence-electron chi connectivity index (χ0n) is 12.3. The van der Waals surface area contributed by atoms with Crippen LogP contribution in [0.4, 0.5) is 0 Å². The van der Waals surface area contributed by atoms with Crippen LogP contribution in [0.1, 0.15) is 30.6 Å². The maximum atomic E-state index is 12.0. The molecule has 0 heterocycles. The number of carbonyl (C=O) groups is 2. The zero-order valence-corrected chi connectivity index (χ0v) is 13.2. The maximum Gasteiger partial charge on any atom is 0.251 e. The van der Waals surface area contributed by atoms with Crippen molar-refractivity contribution >= 4 is 21.7 Å². The summed E-state index contributed by atoms with van der Waals surface area (Å²) in [5.41, 5.74) is 0.303. The first-order chi connectivity index (χ1) is 9.75. The van der Waals surface area contributed by atoms with Crippen LogP contribution in [0, 0.1) is 0 Å². The molecule has 2 N–H and O–H groups in total. The predicted octanol–water partition coefficient (Wildman–Crippen LogP) is 0.735. The fourth-order valence-electron chi connectivity index (χ4n) is 1.60. The lowest BCUT2D eigenvalue weighted by Crippen LogP contribution is -2.45. The lowest BCUT2D eigenvalue weighted by atomic mass is 10.2. The molecule has 0 saturated heterocycles. The van der Waals surface area contributed by atoms with Gasteiger partial charge in [0.05, 0.1) is 4.90 Å². The van der Waals surface area contributed by atoms with Crippen molar-refractivity contribution in [3.05, 3.63) is 29.8 Å². The Morgan fingerprint density at radius 3 is 2.24 bits per heavy atom. The Labute approximate surface area is 124 Å². The van der Waals surface area contributed by atoms with Crippen molar-refractivity contribution in [1.82, 2.24) is 10.6 Å². The van der Waals surface area contributed by atoms with Crippen molar-refractivity contribution in [2.75, 3.05) is 12.8 Å². The molecular weight excluding hydrogens is 292 g/mol. The van der Waals surface area contributed by atoms with E-state index in [1.807, 2.05) is 6.92 Å². The van der Waals surface area contributed by atoms with Gasteiger partial charge in [-0.05, 0) is 37.6 Å². The standard InChI is InChI=1S/C14H20N2O4S/c1-4-9-15-13(17)10(2)16-14(18)11-5-7-12(8-6-11)21(3,19)20/h5-8,10H,4,9H2,1-3H3,(H,15,17)(H,16,18). The number of nitrogens with one attached hydrogen (secondary N) is 2. The minimum atomic E-state index is -3.29. The molecule has 0 aliphatic rings. The molecule has 0 aromatic heterocycles. The number of amides is 2. The molecule has 0 radical (unpaired) electrons. The third-order valence-corrected chi connectivity index (χ3v) is 3.96. The van der Waals surface area contributed by atoms with Gasteiger partial charge in [-0.15, -0.1) is 0 Å². The van der Waals surface area contributed by atoms with Crippen molar-refractivity contribution in [2.45, 2.75) is 31.2 Å². The second-order valence-electron chi connectivity index (χ2n) is 4.78. The van der Waals surface area contributed by atoms with Gasteiger partial charge >= 0.3 is 0 Å². The summed E-state index contributed by atoms with van der Waals surface area (Å²) < 4.78 is 22.7. The van der Waals surface area contributed by atoms with Crippen LogP contribution in [-0.2, 0) is 14.6 Å². The molecule has 2 amide bonds. The van der Waals surface area contributed by atoms with Crippen LogP contribution in [0.15, 0.2) is 29.2 Å². The molecule has 116 valence electrons. The van der Waals surface area contributed by atoms with E-state index in [0.717, 1.165) is 12.7 Å². The normalized spacial score (nSPS) is 12.5. The molecule has 1 rings (SSSR count). The summed E-state index contributed by atoms with van der Waals surface area (Å²) in [6, 6.07) is 4.92. The molecule has 1 atom stereocenters. The van der Waals surface area contributed by atoms with Crippen molar-refractivity contribution in [2.24, 2.45) is 0 Å². The van der Waals surface area contributed by atoms with Crippen LogP contribution in [0.5, 0.6) is 0 Å². The van der Waals surface area contributed by atoms with Gasteiger partial charge in [0.2, 0.25) is 5.91 Å². The highest BCUT2D eigenvalue weighted by Crippen LogP contribution is 2.10. The van der Waals surface area contributed by atoms with Crippen LogP contribution in [-0.4, -0.2) is 39.1 Å². The second kappa shape index (κ2) is 7.21. The van der Waals surface area contributed by atoms with Crippen molar-refractivity contribution in [3.8, 4) is 0 Å². The highest BCUT2D eigenvalue weighted by molar-refractivity contribution is 7.90. The van der Waals surface area contributed by atoms with Gasteiger partial charge in [-0.25, -0.2) is 8.42 Å². The zero-order chi connectivity index (χ0) is 16.0. The Balaban J connectivity index is 2.70. The number of benzene rings is 1. The van der Waals surface area contributed by atoms with E-state index < -0.39 is 21.8 Å². The molecule has 0 saturated carbocycles. The molecule has 0 aliphatic heterocycles. The highest BCUT2D eigenvalue weighted by atomic mass is 32.2. The summed E-state index contributed by atoms with van der Waals surface area (Å²) in [5.74, 6) is -0.674. The monoisotopic (exact) mass is 312 g/mol. The highest BCUT2D eigenvalue weighted by Gasteiger charge is 2.16. The molecule has 0 bridgehead atoms. The van der Waals surface area contributed by atoms with E-state index in [9.17, 15) is 18.0 Å². The first-order valence-corrected chi connectivity index (χ1v) is 8.53. The SMILES string of the molecule is CCCNC(=O)C(C)NC(=O)c1ccc(S(C)(=O)=O)cc1. The quantitative estimate of drug-likeness (QED) is 0.810. The fourth-order valence-corrected chi connectivity index (χ4v) is 2.23.